The maximum atomic E-state index is 10.5. The molecule has 2 aromatic heterocycles. The third-order valence-corrected chi connectivity index (χ3v) is 2.80. The van der Waals surface area contributed by atoms with Gasteiger partial charge in [0.05, 0.1) is 11.5 Å². The van der Waals surface area contributed by atoms with Gasteiger partial charge in [-0.25, -0.2) is 4.68 Å². The fourth-order valence-corrected chi connectivity index (χ4v) is 1.89. The number of aromatic nitrogens is 2. The van der Waals surface area contributed by atoms with Crippen LogP contribution < -0.4 is 5.73 Å². The van der Waals surface area contributed by atoms with Crippen LogP contribution in [0.1, 0.15) is 4.88 Å². The van der Waals surface area contributed by atoms with Crippen molar-refractivity contribution in [3.8, 4) is 0 Å². The molecule has 2 aromatic rings. The number of thiophene rings is 1. The highest BCUT2D eigenvalue weighted by Crippen LogP contribution is 2.21. The lowest BCUT2D eigenvalue weighted by molar-refractivity contribution is -0.384. The number of nitrogens with zero attached hydrogens (tertiary/aromatic N) is 3. The van der Waals surface area contributed by atoms with Crippen molar-refractivity contribution in [2.45, 2.75) is 6.54 Å². The highest BCUT2D eigenvalue weighted by molar-refractivity contribution is 7.09. The second-order valence-corrected chi connectivity index (χ2v) is 3.94. The number of nitrogen functional groups attached to an aromatic ring is 1. The Kier molecular flexibility index (Phi) is 2.38. The second-order valence-electron chi connectivity index (χ2n) is 2.91. The van der Waals surface area contributed by atoms with Crippen LogP contribution in [-0.2, 0) is 6.54 Å². The number of hydrogen-bond donors (Lipinski definition) is 1. The standard InChI is InChI=1S/C8H8N4O2S/c9-8-7(12(13)14)4-10-11(8)5-6-2-1-3-15-6/h1-4H,5,9H2. The van der Waals surface area contributed by atoms with Gasteiger partial charge in [-0.05, 0) is 11.4 Å². The van der Waals surface area contributed by atoms with Crippen LogP contribution in [0.3, 0.4) is 0 Å². The third-order valence-electron chi connectivity index (χ3n) is 1.94. The summed E-state index contributed by atoms with van der Waals surface area (Å²) in [6, 6.07) is 3.84. The first-order chi connectivity index (χ1) is 7.18. The molecule has 0 aliphatic carbocycles. The molecule has 0 amide bonds. The Morgan fingerprint density at radius 3 is 3.00 bits per heavy atom. The molecule has 0 unspecified atom stereocenters. The Labute approximate surface area is 89.1 Å². The number of anilines is 1. The Balaban J connectivity index is 2.27. The van der Waals surface area contributed by atoms with E-state index in [1.807, 2.05) is 17.5 Å². The quantitative estimate of drug-likeness (QED) is 0.632. The number of hydrogen-bond acceptors (Lipinski definition) is 5. The van der Waals surface area contributed by atoms with Gasteiger partial charge in [0.1, 0.15) is 6.20 Å². The van der Waals surface area contributed by atoms with Crippen LogP contribution in [-0.4, -0.2) is 14.7 Å². The van der Waals surface area contributed by atoms with Gasteiger partial charge in [-0.1, -0.05) is 6.07 Å². The Morgan fingerprint density at radius 2 is 2.47 bits per heavy atom. The molecule has 0 saturated carbocycles. The largest absolute Gasteiger partial charge is 0.378 e. The smallest absolute Gasteiger partial charge is 0.330 e. The third kappa shape index (κ3) is 1.82. The van der Waals surface area contributed by atoms with Crippen LogP contribution >= 0.6 is 11.3 Å². The maximum Gasteiger partial charge on any atom is 0.330 e. The van der Waals surface area contributed by atoms with Gasteiger partial charge < -0.3 is 5.73 Å². The van der Waals surface area contributed by atoms with Crippen molar-refractivity contribution in [2.24, 2.45) is 0 Å². The van der Waals surface area contributed by atoms with E-state index >= 15 is 0 Å². The van der Waals surface area contributed by atoms with Crippen LogP contribution in [0, 0.1) is 10.1 Å². The minimum absolute atomic E-state index is 0.0911. The molecule has 2 N–H and O–H groups in total. The molecule has 15 heavy (non-hydrogen) atoms. The van der Waals surface area contributed by atoms with E-state index < -0.39 is 4.92 Å². The normalized spacial score (nSPS) is 10.4. The second kappa shape index (κ2) is 3.70. The molecule has 0 radical (unpaired) electrons. The lowest BCUT2D eigenvalue weighted by Crippen LogP contribution is -2.05. The van der Waals surface area contributed by atoms with Crippen LogP contribution in [0.2, 0.25) is 0 Å². The van der Waals surface area contributed by atoms with E-state index in [2.05, 4.69) is 5.10 Å². The molecule has 0 aliphatic rings. The summed E-state index contributed by atoms with van der Waals surface area (Å²) in [7, 11) is 0. The summed E-state index contributed by atoms with van der Waals surface area (Å²) in [5, 5.41) is 16.3. The molecular weight excluding hydrogens is 216 g/mol. The average molecular weight is 224 g/mol. The van der Waals surface area contributed by atoms with Gasteiger partial charge in [0.25, 0.3) is 0 Å². The average Bonchev–Trinajstić information content (AvgIpc) is 2.78. The summed E-state index contributed by atoms with van der Waals surface area (Å²) >= 11 is 1.56. The highest BCUT2D eigenvalue weighted by atomic mass is 32.1. The van der Waals surface area contributed by atoms with Gasteiger partial charge in [-0.2, -0.15) is 5.10 Å². The number of rotatable bonds is 3. The monoisotopic (exact) mass is 224 g/mol. The molecule has 6 nitrogen and oxygen atoms in total. The fraction of sp³-hybridized carbons (Fsp3) is 0.125. The van der Waals surface area contributed by atoms with Gasteiger partial charge >= 0.3 is 5.69 Å². The van der Waals surface area contributed by atoms with E-state index in [4.69, 9.17) is 5.73 Å². The summed E-state index contributed by atoms with van der Waals surface area (Å²) < 4.78 is 1.42. The van der Waals surface area contributed by atoms with Crippen LogP contribution in [0.5, 0.6) is 0 Å². The zero-order valence-corrected chi connectivity index (χ0v) is 8.48. The molecule has 2 rings (SSSR count). The van der Waals surface area contributed by atoms with Crippen LogP contribution in [0.25, 0.3) is 0 Å². The first kappa shape index (κ1) is 9.66. The van der Waals surface area contributed by atoms with Gasteiger partial charge in [-0.3, -0.25) is 10.1 Å². The molecule has 7 heteroatoms. The lowest BCUT2D eigenvalue weighted by atomic mass is 10.4. The van der Waals surface area contributed by atoms with Gasteiger partial charge in [-0.15, -0.1) is 11.3 Å². The first-order valence-electron chi connectivity index (χ1n) is 4.16. The molecule has 0 saturated heterocycles. The van der Waals surface area contributed by atoms with Crippen molar-refractivity contribution < 1.29 is 4.92 Å². The van der Waals surface area contributed by atoms with Gasteiger partial charge in [0, 0.05) is 4.88 Å². The summed E-state index contributed by atoms with van der Waals surface area (Å²) in [6.07, 6.45) is 1.17. The van der Waals surface area contributed by atoms with Crippen molar-refractivity contribution >= 4 is 22.8 Å². The predicted octanol–water partition coefficient (Wildman–Crippen LogP) is 1.48. The molecule has 0 spiro atoms. The number of nitro groups is 1. The minimum Gasteiger partial charge on any atom is -0.378 e. The zero-order chi connectivity index (χ0) is 10.8. The predicted molar refractivity (Wildman–Crippen MR) is 56.7 cm³/mol. The van der Waals surface area contributed by atoms with Crippen molar-refractivity contribution in [3.05, 3.63) is 38.7 Å². The summed E-state index contributed by atoms with van der Waals surface area (Å²) in [5.74, 6) is 0.0911. The van der Waals surface area contributed by atoms with Crippen LogP contribution in [0.4, 0.5) is 11.5 Å². The van der Waals surface area contributed by atoms with Crippen LogP contribution in [0.15, 0.2) is 23.7 Å². The van der Waals surface area contributed by atoms with E-state index in [0.29, 0.717) is 6.54 Å². The fourth-order valence-electron chi connectivity index (χ4n) is 1.20. The Morgan fingerprint density at radius 1 is 1.67 bits per heavy atom. The van der Waals surface area contributed by atoms with E-state index in [9.17, 15) is 10.1 Å². The molecule has 0 atom stereocenters. The maximum absolute atomic E-state index is 10.5. The topological polar surface area (TPSA) is 87.0 Å². The zero-order valence-electron chi connectivity index (χ0n) is 7.66. The first-order valence-corrected chi connectivity index (χ1v) is 5.04. The molecule has 2 heterocycles. The van der Waals surface area contributed by atoms with E-state index in [1.165, 1.54) is 10.9 Å². The molecule has 0 aromatic carbocycles. The van der Waals surface area contributed by atoms with E-state index in [1.54, 1.807) is 11.3 Å². The molecule has 0 aliphatic heterocycles. The van der Waals surface area contributed by atoms with Gasteiger partial charge in [0.2, 0.25) is 5.82 Å². The van der Waals surface area contributed by atoms with Crippen molar-refractivity contribution in [1.82, 2.24) is 9.78 Å². The summed E-state index contributed by atoms with van der Waals surface area (Å²) in [4.78, 5) is 11.0. The SMILES string of the molecule is Nc1c([N+](=O)[O-])cnn1Cc1cccs1. The van der Waals surface area contributed by atoms with Crippen molar-refractivity contribution in [1.29, 1.82) is 0 Å². The Hall–Kier alpha value is -1.89. The Bertz CT molecular complexity index is 477. The molecule has 78 valence electrons. The molecule has 0 fully saturated rings. The van der Waals surface area contributed by atoms with Gasteiger partial charge in [0.15, 0.2) is 0 Å². The summed E-state index contributed by atoms with van der Waals surface area (Å²) in [5.41, 5.74) is 5.44. The minimum atomic E-state index is -0.534. The summed E-state index contributed by atoms with van der Waals surface area (Å²) in [6.45, 7) is 0.470. The van der Waals surface area contributed by atoms with Crippen molar-refractivity contribution in [2.75, 3.05) is 5.73 Å². The molecular formula is C8H8N4O2S. The number of nitrogens with two attached hydrogens (primary N) is 1. The van der Waals surface area contributed by atoms with E-state index in [0.717, 1.165) is 4.88 Å². The van der Waals surface area contributed by atoms with Crippen molar-refractivity contribution in [3.63, 3.8) is 0 Å². The highest BCUT2D eigenvalue weighted by Gasteiger charge is 2.17. The van der Waals surface area contributed by atoms with E-state index in [-0.39, 0.29) is 11.5 Å². The molecule has 0 bridgehead atoms. The lowest BCUT2D eigenvalue weighted by Gasteiger charge is -1.99.